The van der Waals surface area contributed by atoms with Crippen molar-refractivity contribution in [3.63, 3.8) is 0 Å². The van der Waals surface area contributed by atoms with Crippen molar-refractivity contribution in [1.82, 2.24) is 14.0 Å². The van der Waals surface area contributed by atoms with Crippen LogP contribution in [0.25, 0.3) is 16.7 Å². The molecule has 154 valence electrons. The van der Waals surface area contributed by atoms with E-state index in [2.05, 4.69) is 17.2 Å². The van der Waals surface area contributed by atoms with Gasteiger partial charge in [0.1, 0.15) is 22.7 Å². The second kappa shape index (κ2) is 8.02. The van der Waals surface area contributed by atoms with Crippen molar-refractivity contribution in [2.45, 2.75) is 26.7 Å². The molecule has 4 rings (SSSR count). The van der Waals surface area contributed by atoms with Gasteiger partial charge in [0.25, 0.3) is 11.5 Å². The molecule has 3 aromatic heterocycles. The number of rotatable bonds is 6. The van der Waals surface area contributed by atoms with Gasteiger partial charge in [-0.15, -0.1) is 0 Å². The number of anilines is 1. The number of hydrogen-bond acceptors (Lipinski definition) is 4. The third kappa shape index (κ3) is 3.66. The van der Waals surface area contributed by atoms with Crippen molar-refractivity contribution in [3.8, 4) is 5.75 Å². The molecule has 0 unspecified atom stereocenters. The van der Waals surface area contributed by atoms with Crippen LogP contribution in [0, 0.1) is 6.92 Å². The SMILES string of the molecule is CCCCOc1ccc(NC(=O)c2cc3c(=O)n4cc(C)ccc4nc3n2C)cc1. The molecule has 0 radical (unpaired) electrons. The summed E-state index contributed by atoms with van der Waals surface area (Å²) in [5.74, 6) is 0.463. The molecular weight excluding hydrogens is 380 g/mol. The third-order valence-corrected chi connectivity index (χ3v) is 5.06. The second-order valence-electron chi connectivity index (χ2n) is 7.36. The summed E-state index contributed by atoms with van der Waals surface area (Å²) in [5.41, 5.74) is 2.81. The van der Waals surface area contributed by atoms with Crippen LogP contribution in [0.15, 0.2) is 53.5 Å². The molecule has 4 aromatic rings. The minimum Gasteiger partial charge on any atom is -0.494 e. The van der Waals surface area contributed by atoms with E-state index in [1.165, 1.54) is 4.40 Å². The fourth-order valence-electron chi connectivity index (χ4n) is 3.36. The average molecular weight is 404 g/mol. The molecule has 7 heteroatoms. The molecule has 7 nitrogen and oxygen atoms in total. The van der Waals surface area contributed by atoms with Gasteiger partial charge in [-0.1, -0.05) is 19.4 Å². The van der Waals surface area contributed by atoms with Gasteiger partial charge in [-0.05, 0) is 55.3 Å². The number of aryl methyl sites for hydroxylation is 2. The first kappa shape index (κ1) is 19.7. The van der Waals surface area contributed by atoms with E-state index in [0.717, 1.165) is 24.2 Å². The number of nitrogens with one attached hydrogen (secondary N) is 1. The minimum atomic E-state index is -0.306. The average Bonchev–Trinajstić information content (AvgIpc) is 3.07. The van der Waals surface area contributed by atoms with Crippen molar-refractivity contribution in [3.05, 3.63) is 70.3 Å². The molecule has 0 spiro atoms. The number of fused-ring (bicyclic) bond motifs is 2. The summed E-state index contributed by atoms with van der Waals surface area (Å²) in [7, 11) is 1.74. The monoisotopic (exact) mass is 404 g/mol. The van der Waals surface area contributed by atoms with Crippen LogP contribution >= 0.6 is 0 Å². The molecule has 0 atom stereocenters. The van der Waals surface area contributed by atoms with E-state index in [-0.39, 0.29) is 11.5 Å². The summed E-state index contributed by atoms with van der Waals surface area (Å²) < 4.78 is 8.80. The Kier molecular flexibility index (Phi) is 5.27. The Morgan fingerprint density at radius 3 is 2.67 bits per heavy atom. The van der Waals surface area contributed by atoms with Crippen LogP contribution in [0.2, 0.25) is 0 Å². The number of carbonyl (C=O) groups is 1. The standard InChI is InChI=1S/C23H24N4O3/c1-4-5-12-30-17-9-7-16(8-10-17)24-22(28)19-13-18-21(26(19)3)25-20-11-6-15(2)14-27(20)23(18)29/h6-11,13-14H,4-5,12H2,1-3H3,(H,24,28). The summed E-state index contributed by atoms with van der Waals surface area (Å²) in [6.45, 7) is 4.71. The zero-order valence-corrected chi connectivity index (χ0v) is 17.3. The van der Waals surface area contributed by atoms with Gasteiger partial charge < -0.3 is 14.6 Å². The fourth-order valence-corrected chi connectivity index (χ4v) is 3.36. The smallest absolute Gasteiger partial charge is 0.272 e. The molecule has 0 bridgehead atoms. The number of amides is 1. The number of carbonyl (C=O) groups excluding carboxylic acids is 1. The van der Waals surface area contributed by atoms with Gasteiger partial charge in [-0.2, -0.15) is 0 Å². The molecule has 0 saturated carbocycles. The van der Waals surface area contributed by atoms with Crippen LogP contribution in [0.3, 0.4) is 0 Å². The number of unbranched alkanes of at least 4 members (excludes halogenated alkanes) is 1. The van der Waals surface area contributed by atoms with Gasteiger partial charge in [0, 0.05) is 18.9 Å². The Bertz CT molecular complexity index is 1290. The molecule has 0 aliphatic rings. The van der Waals surface area contributed by atoms with Gasteiger partial charge in [0.2, 0.25) is 0 Å². The zero-order chi connectivity index (χ0) is 21.3. The largest absolute Gasteiger partial charge is 0.494 e. The highest BCUT2D eigenvalue weighted by Gasteiger charge is 2.18. The predicted octanol–water partition coefficient (Wildman–Crippen LogP) is 3.93. The number of aromatic nitrogens is 3. The van der Waals surface area contributed by atoms with Crippen LogP contribution in [-0.2, 0) is 7.05 Å². The fraction of sp³-hybridized carbons (Fsp3) is 0.261. The van der Waals surface area contributed by atoms with Gasteiger partial charge in [-0.3, -0.25) is 14.0 Å². The third-order valence-electron chi connectivity index (χ3n) is 5.06. The van der Waals surface area contributed by atoms with Gasteiger partial charge in [-0.25, -0.2) is 4.98 Å². The van der Waals surface area contributed by atoms with Crippen molar-refractivity contribution in [2.75, 3.05) is 11.9 Å². The first-order valence-electron chi connectivity index (χ1n) is 10.0. The Morgan fingerprint density at radius 2 is 1.93 bits per heavy atom. The summed E-state index contributed by atoms with van der Waals surface area (Å²) in [4.78, 5) is 30.3. The molecule has 30 heavy (non-hydrogen) atoms. The highest BCUT2D eigenvalue weighted by molar-refractivity contribution is 6.06. The van der Waals surface area contributed by atoms with Crippen LogP contribution in [-0.4, -0.2) is 26.5 Å². The minimum absolute atomic E-state index is 0.193. The van der Waals surface area contributed by atoms with E-state index < -0.39 is 0 Å². The number of pyridine rings is 1. The van der Waals surface area contributed by atoms with Gasteiger partial charge >= 0.3 is 0 Å². The van der Waals surface area contributed by atoms with Crippen molar-refractivity contribution >= 4 is 28.3 Å². The predicted molar refractivity (Wildman–Crippen MR) is 117 cm³/mol. The Hall–Kier alpha value is -3.61. The first-order valence-corrected chi connectivity index (χ1v) is 10.0. The molecule has 0 aliphatic heterocycles. The van der Waals surface area contributed by atoms with Crippen LogP contribution in [0.4, 0.5) is 5.69 Å². The topological polar surface area (TPSA) is 77.6 Å². The Labute approximate surface area is 173 Å². The van der Waals surface area contributed by atoms with E-state index in [0.29, 0.717) is 34.7 Å². The maximum absolute atomic E-state index is 12.9. The Balaban J connectivity index is 1.62. The summed E-state index contributed by atoms with van der Waals surface area (Å²) in [6.07, 6.45) is 3.83. The van der Waals surface area contributed by atoms with E-state index in [4.69, 9.17) is 4.74 Å². The maximum atomic E-state index is 12.9. The van der Waals surface area contributed by atoms with Crippen LogP contribution in [0.1, 0.15) is 35.8 Å². The highest BCUT2D eigenvalue weighted by atomic mass is 16.5. The summed E-state index contributed by atoms with van der Waals surface area (Å²) in [5, 5.41) is 3.28. The normalized spacial score (nSPS) is 11.2. The van der Waals surface area contributed by atoms with Gasteiger partial charge in [0.15, 0.2) is 0 Å². The number of nitrogens with zero attached hydrogens (tertiary/aromatic N) is 3. The van der Waals surface area contributed by atoms with Gasteiger partial charge in [0.05, 0.1) is 12.0 Å². The lowest BCUT2D eigenvalue weighted by molar-refractivity contribution is 0.101. The summed E-state index contributed by atoms with van der Waals surface area (Å²) in [6, 6.07) is 12.5. The molecule has 1 N–H and O–H groups in total. The maximum Gasteiger partial charge on any atom is 0.272 e. The lowest BCUT2D eigenvalue weighted by Crippen LogP contribution is -2.16. The van der Waals surface area contributed by atoms with E-state index >= 15 is 0 Å². The zero-order valence-electron chi connectivity index (χ0n) is 17.3. The lowest BCUT2D eigenvalue weighted by atomic mass is 10.2. The first-order chi connectivity index (χ1) is 14.5. The molecule has 1 aromatic carbocycles. The molecule has 0 saturated heterocycles. The lowest BCUT2D eigenvalue weighted by Gasteiger charge is -2.08. The molecular formula is C23H24N4O3. The van der Waals surface area contributed by atoms with Crippen LogP contribution < -0.4 is 15.6 Å². The highest BCUT2D eigenvalue weighted by Crippen LogP contribution is 2.19. The number of hydrogen-bond donors (Lipinski definition) is 1. The van der Waals surface area contributed by atoms with Crippen molar-refractivity contribution in [2.24, 2.45) is 7.05 Å². The summed E-state index contributed by atoms with van der Waals surface area (Å²) >= 11 is 0. The Morgan fingerprint density at radius 1 is 1.17 bits per heavy atom. The van der Waals surface area contributed by atoms with Crippen molar-refractivity contribution in [1.29, 1.82) is 0 Å². The van der Waals surface area contributed by atoms with E-state index in [1.807, 2.05) is 25.1 Å². The van der Waals surface area contributed by atoms with Crippen molar-refractivity contribution < 1.29 is 9.53 Å². The molecule has 3 heterocycles. The van der Waals surface area contributed by atoms with Crippen LogP contribution in [0.5, 0.6) is 5.75 Å². The van der Waals surface area contributed by atoms with E-state index in [9.17, 15) is 9.59 Å². The molecule has 0 aliphatic carbocycles. The quantitative estimate of drug-likeness (QED) is 0.494. The molecule has 1 amide bonds. The number of benzene rings is 1. The second-order valence-corrected chi connectivity index (χ2v) is 7.36. The number of ether oxygens (including phenoxy) is 1. The van der Waals surface area contributed by atoms with E-state index in [1.54, 1.807) is 42.1 Å². The molecule has 0 fully saturated rings.